The van der Waals surface area contributed by atoms with Gasteiger partial charge >= 0.3 is 0 Å². The molecule has 0 aliphatic rings. The lowest BCUT2D eigenvalue weighted by Gasteiger charge is -2.38. The summed E-state index contributed by atoms with van der Waals surface area (Å²) in [4.78, 5) is 22.6. The third-order valence-electron chi connectivity index (χ3n) is 7.00. The predicted octanol–water partition coefficient (Wildman–Crippen LogP) is 5.76. The summed E-state index contributed by atoms with van der Waals surface area (Å²) in [6, 6.07) is 18.7. The summed E-state index contributed by atoms with van der Waals surface area (Å²) in [6.07, 6.45) is 8.34. The largest absolute Gasteiger partial charge is 0.374 e. The van der Waals surface area contributed by atoms with Crippen LogP contribution in [0.3, 0.4) is 0 Å². The van der Waals surface area contributed by atoms with E-state index in [4.69, 9.17) is 9.72 Å². The van der Waals surface area contributed by atoms with Crippen molar-refractivity contribution >= 4 is 28.6 Å². The molecule has 0 saturated carbocycles. The van der Waals surface area contributed by atoms with Crippen molar-refractivity contribution in [3.8, 4) is 22.3 Å². The van der Waals surface area contributed by atoms with Gasteiger partial charge in [-0.05, 0) is 70.0 Å². The van der Waals surface area contributed by atoms with E-state index < -0.39 is 0 Å². The average Bonchev–Trinajstić information content (AvgIpc) is 3.38. The van der Waals surface area contributed by atoms with Gasteiger partial charge in [0.25, 0.3) is 0 Å². The Morgan fingerprint density at radius 3 is 2.48 bits per heavy atom. The number of hydrogen-bond acceptors (Lipinski definition) is 6. The molecule has 0 aliphatic carbocycles. The minimum absolute atomic E-state index is 0.0828. The van der Waals surface area contributed by atoms with E-state index >= 15 is 0 Å². The van der Waals surface area contributed by atoms with Crippen molar-refractivity contribution in [3.63, 3.8) is 0 Å². The summed E-state index contributed by atoms with van der Waals surface area (Å²) >= 11 is 0. The van der Waals surface area contributed by atoms with Gasteiger partial charge in [0.15, 0.2) is 5.65 Å². The van der Waals surface area contributed by atoms with E-state index in [2.05, 4.69) is 85.2 Å². The molecule has 2 unspecified atom stereocenters. The number of carbonyl (C=O) groups excluding carboxylic acids is 1. The number of anilines is 1. The fourth-order valence-corrected chi connectivity index (χ4v) is 5.08. The molecule has 3 heterocycles. The van der Waals surface area contributed by atoms with E-state index in [0.717, 1.165) is 50.9 Å². The molecule has 0 spiro atoms. The van der Waals surface area contributed by atoms with E-state index in [9.17, 15) is 4.79 Å². The van der Waals surface area contributed by atoms with Gasteiger partial charge in [-0.2, -0.15) is 5.10 Å². The molecule has 1 amide bonds. The Hall–Kier alpha value is -4.30. The van der Waals surface area contributed by atoms with E-state index in [1.807, 2.05) is 53.6 Å². The van der Waals surface area contributed by atoms with Crippen molar-refractivity contribution in [2.75, 3.05) is 18.1 Å². The lowest BCUT2D eigenvalue weighted by atomic mass is 10.0. The molecule has 8 heteroatoms. The molecule has 1 N–H and O–H groups in total. The third kappa shape index (κ3) is 5.82. The van der Waals surface area contributed by atoms with Gasteiger partial charge in [0.1, 0.15) is 0 Å². The molecule has 40 heavy (non-hydrogen) atoms. The molecular formula is C32H36N6O2. The number of amides is 1. The van der Waals surface area contributed by atoms with Crippen LogP contribution in [0.4, 0.5) is 5.69 Å². The van der Waals surface area contributed by atoms with Crippen molar-refractivity contribution < 1.29 is 9.53 Å². The first-order valence-corrected chi connectivity index (χ1v) is 13.6. The highest BCUT2D eigenvalue weighted by atomic mass is 16.5. The first kappa shape index (κ1) is 27.3. The number of aromatic nitrogens is 4. The van der Waals surface area contributed by atoms with Crippen LogP contribution in [0.25, 0.3) is 38.8 Å². The highest BCUT2D eigenvalue weighted by molar-refractivity contribution is 5.97. The minimum atomic E-state index is -0.226. The van der Waals surface area contributed by atoms with Crippen LogP contribution in [-0.4, -0.2) is 56.8 Å². The van der Waals surface area contributed by atoms with E-state index in [0.29, 0.717) is 13.2 Å². The lowest BCUT2D eigenvalue weighted by molar-refractivity contribution is -0.109. The molecule has 5 aromatic rings. The smallest absolute Gasteiger partial charge is 0.207 e. The molecule has 2 atom stereocenters. The van der Waals surface area contributed by atoms with Gasteiger partial charge in [0, 0.05) is 59.4 Å². The Labute approximate surface area is 235 Å². The fourth-order valence-electron chi connectivity index (χ4n) is 5.08. The van der Waals surface area contributed by atoms with Crippen LogP contribution in [0, 0.1) is 0 Å². The van der Waals surface area contributed by atoms with Gasteiger partial charge in [-0.25, -0.2) is 9.50 Å². The number of hydrogen-bond donors (Lipinski definition) is 1. The number of para-hydroxylation sites is 1. The van der Waals surface area contributed by atoms with Crippen molar-refractivity contribution in [2.24, 2.45) is 0 Å². The van der Waals surface area contributed by atoms with Crippen molar-refractivity contribution in [1.29, 1.82) is 0 Å². The molecule has 5 rings (SSSR count). The standard InChI is InChI=1S/C32H36N6O2/c1-22(16-33-21-39)38(23(2)20-40-32(3,4)5)26-12-10-24(11-13-26)25-17-35-31-29(18-36-37(31)19-25)27-14-15-34-30-9-7-6-8-28(27)30/h6-15,17-19,21-23H,16,20H2,1-5H3,(H,33,39). The summed E-state index contributed by atoms with van der Waals surface area (Å²) in [6.45, 7) is 11.5. The first-order chi connectivity index (χ1) is 19.2. The molecule has 2 aromatic carbocycles. The number of ether oxygens (including phenoxy) is 1. The van der Waals surface area contributed by atoms with Crippen LogP contribution in [-0.2, 0) is 9.53 Å². The summed E-state index contributed by atoms with van der Waals surface area (Å²) in [7, 11) is 0. The summed E-state index contributed by atoms with van der Waals surface area (Å²) in [5.41, 5.74) is 6.63. The maximum Gasteiger partial charge on any atom is 0.207 e. The Morgan fingerprint density at radius 2 is 1.73 bits per heavy atom. The van der Waals surface area contributed by atoms with Gasteiger partial charge < -0.3 is 15.0 Å². The Balaban J connectivity index is 1.42. The topological polar surface area (TPSA) is 84.7 Å². The predicted molar refractivity (Wildman–Crippen MR) is 160 cm³/mol. The van der Waals surface area contributed by atoms with Crippen LogP contribution in [0.15, 0.2) is 79.4 Å². The van der Waals surface area contributed by atoms with E-state index in [1.54, 1.807) is 0 Å². The fraction of sp³-hybridized carbons (Fsp3) is 0.312. The zero-order valence-electron chi connectivity index (χ0n) is 23.7. The van der Waals surface area contributed by atoms with E-state index in [-0.39, 0.29) is 17.7 Å². The Kier molecular flexibility index (Phi) is 7.80. The van der Waals surface area contributed by atoms with E-state index in [1.165, 1.54) is 0 Å². The minimum Gasteiger partial charge on any atom is -0.374 e. The average molecular weight is 537 g/mol. The molecule has 0 fully saturated rings. The van der Waals surface area contributed by atoms with Crippen molar-refractivity contribution in [1.82, 2.24) is 24.9 Å². The second-order valence-electron chi connectivity index (χ2n) is 11.1. The molecule has 0 bridgehead atoms. The SMILES string of the molecule is CC(CNC=O)N(c1ccc(-c2cnc3c(-c4ccnc5ccccc45)cnn3c2)cc1)C(C)COC(C)(C)C. The van der Waals surface area contributed by atoms with Crippen LogP contribution in [0.5, 0.6) is 0 Å². The van der Waals surface area contributed by atoms with Crippen LogP contribution < -0.4 is 10.2 Å². The highest BCUT2D eigenvalue weighted by Gasteiger charge is 2.23. The highest BCUT2D eigenvalue weighted by Crippen LogP contribution is 2.31. The molecule has 0 aliphatic heterocycles. The second kappa shape index (κ2) is 11.4. The number of fused-ring (bicyclic) bond motifs is 2. The van der Waals surface area contributed by atoms with Gasteiger partial charge in [-0.1, -0.05) is 30.3 Å². The van der Waals surface area contributed by atoms with Gasteiger partial charge in [0.05, 0.1) is 23.9 Å². The number of nitrogens with one attached hydrogen (secondary N) is 1. The first-order valence-electron chi connectivity index (χ1n) is 13.6. The quantitative estimate of drug-likeness (QED) is 0.229. The Bertz CT molecular complexity index is 1600. The van der Waals surface area contributed by atoms with Crippen molar-refractivity contribution in [2.45, 2.75) is 52.3 Å². The molecule has 8 nitrogen and oxygen atoms in total. The number of benzene rings is 2. The summed E-state index contributed by atoms with van der Waals surface area (Å²) in [5.74, 6) is 0. The number of nitrogens with zero attached hydrogens (tertiary/aromatic N) is 5. The molecule has 0 radical (unpaired) electrons. The zero-order valence-corrected chi connectivity index (χ0v) is 23.7. The maximum absolute atomic E-state index is 11.0. The second-order valence-corrected chi connectivity index (χ2v) is 11.1. The number of carbonyl (C=O) groups is 1. The molecule has 0 saturated heterocycles. The lowest BCUT2D eigenvalue weighted by Crippen LogP contribution is -2.48. The molecule has 3 aromatic heterocycles. The number of pyridine rings is 1. The zero-order chi connectivity index (χ0) is 28.3. The monoisotopic (exact) mass is 536 g/mol. The maximum atomic E-state index is 11.0. The van der Waals surface area contributed by atoms with Crippen LogP contribution in [0.1, 0.15) is 34.6 Å². The third-order valence-corrected chi connectivity index (χ3v) is 7.00. The van der Waals surface area contributed by atoms with Gasteiger partial charge in [0.2, 0.25) is 6.41 Å². The number of rotatable bonds is 10. The molecular weight excluding hydrogens is 500 g/mol. The Morgan fingerprint density at radius 1 is 0.950 bits per heavy atom. The van der Waals surface area contributed by atoms with Crippen LogP contribution >= 0.6 is 0 Å². The summed E-state index contributed by atoms with van der Waals surface area (Å²) in [5, 5.41) is 8.52. The van der Waals surface area contributed by atoms with Gasteiger partial charge in [-0.15, -0.1) is 0 Å². The molecule has 206 valence electrons. The van der Waals surface area contributed by atoms with Crippen molar-refractivity contribution in [3.05, 3.63) is 79.4 Å². The van der Waals surface area contributed by atoms with Gasteiger partial charge in [-0.3, -0.25) is 9.78 Å². The normalized spacial score (nSPS) is 13.3. The van der Waals surface area contributed by atoms with Crippen LogP contribution in [0.2, 0.25) is 0 Å². The summed E-state index contributed by atoms with van der Waals surface area (Å²) < 4.78 is 7.92.